The second-order valence-corrected chi connectivity index (χ2v) is 5.77. The zero-order valence-electron chi connectivity index (χ0n) is 11.8. The molecule has 0 amide bonds. The first-order valence-electron chi connectivity index (χ1n) is 6.70. The van der Waals surface area contributed by atoms with Crippen LogP contribution >= 0.6 is 11.6 Å². The quantitative estimate of drug-likeness (QED) is 0.700. The maximum absolute atomic E-state index is 11.1. The van der Waals surface area contributed by atoms with E-state index in [-0.39, 0.29) is 0 Å². The van der Waals surface area contributed by atoms with Gasteiger partial charge in [-0.2, -0.15) is 0 Å². The molecule has 0 aliphatic carbocycles. The molecule has 5 nitrogen and oxygen atoms in total. The SMILES string of the molecule is O=S(O)Nc1ccccc1-c1ccccc1-c1ccc(Cl)nn1. The Labute approximate surface area is 140 Å². The van der Waals surface area contributed by atoms with E-state index in [1.165, 1.54) is 0 Å². The predicted molar refractivity (Wildman–Crippen MR) is 92.3 cm³/mol. The van der Waals surface area contributed by atoms with Crippen LogP contribution in [-0.4, -0.2) is 19.0 Å². The zero-order chi connectivity index (χ0) is 16.2. The van der Waals surface area contributed by atoms with Crippen molar-refractivity contribution in [3.8, 4) is 22.4 Å². The molecule has 0 spiro atoms. The minimum Gasteiger partial charge on any atom is -0.289 e. The number of halogens is 1. The van der Waals surface area contributed by atoms with E-state index in [1.807, 2.05) is 36.4 Å². The molecule has 1 unspecified atom stereocenters. The van der Waals surface area contributed by atoms with Crippen molar-refractivity contribution in [2.24, 2.45) is 0 Å². The first-order chi connectivity index (χ1) is 11.1. The number of hydrogen-bond donors (Lipinski definition) is 2. The molecule has 0 saturated carbocycles. The van der Waals surface area contributed by atoms with Crippen LogP contribution in [0.1, 0.15) is 0 Å². The standard InChI is InChI=1S/C16H12ClN3O2S/c17-16-10-9-14(18-19-16)12-6-2-1-5-11(12)13-7-3-4-8-15(13)20-23(21)22/h1-10,20H,(H,21,22). The number of nitrogens with one attached hydrogen (secondary N) is 1. The third kappa shape index (κ3) is 3.56. The number of benzene rings is 2. The van der Waals surface area contributed by atoms with Crippen molar-refractivity contribution in [3.05, 3.63) is 65.8 Å². The second-order valence-electron chi connectivity index (χ2n) is 4.68. The summed E-state index contributed by atoms with van der Waals surface area (Å²) in [6.07, 6.45) is 0. The highest BCUT2D eigenvalue weighted by Gasteiger charge is 2.12. The minimum atomic E-state index is -2.15. The van der Waals surface area contributed by atoms with E-state index >= 15 is 0 Å². The lowest BCUT2D eigenvalue weighted by molar-refractivity contribution is 0.570. The van der Waals surface area contributed by atoms with Gasteiger partial charge in [0.25, 0.3) is 11.3 Å². The Hall–Kier alpha value is -2.28. The maximum atomic E-state index is 11.1. The molecule has 7 heteroatoms. The highest BCUT2D eigenvalue weighted by atomic mass is 35.5. The van der Waals surface area contributed by atoms with Crippen LogP contribution in [0.5, 0.6) is 0 Å². The van der Waals surface area contributed by atoms with Crippen molar-refractivity contribution in [1.29, 1.82) is 0 Å². The number of anilines is 1. The van der Waals surface area contributed by atoms with Crippen LogP contribution in [-0.2, 0) is 11.3 Å². The molecular weight excluding hydrogens is 334 g/mol. The third-order valence-corrected chi connectivity index (χ3v) is 3.85. The zero-order valence-corrected chi connectivity index (χ0v) is 13.4. The van der Waals surface area contributed by atoms with E-state index in [0.29, 0.717) is 16.5 Å². The lowest BCUT2D eigenvalue weighted by atomic mass is 9.96. The Morgan fingerprint density at radius 2 is 1.52 bits per heavy atom. The summed E-state index contributed by atoms with van der Waals surface area (Å²) in [5.74, 6) is 0. The minimum absolute atomic E-state index is 0.323. The summed E-state index contributed by atoms with van der Waals surface area (Å²) >= 11 is 3.64. The van der Waals surface area contributed by atoms with Crippen molar-refractivity contribution in [2.45, 2.75) is 0 Å². The van der Waals surface area contributed by atoms with Gasteiger partial charge in [0.2, 0.25) is 0 Å². The molecule has 3 rings (SSSR count). The van der Waals surface area contributed by atoms with E-state index in [4.69, 9.17) is 16.2 Å². The van der Waals surface area contributed by atoms with Crippen molar-refractivity contribution in [1.82, 2.24) is 10.2 Å². The molecule has 3 aromatic rings. The lowest BCUT2D eigenvalue weighted by Gasteiger charge is -2.13. The van der Waals surface area contributed by atoms with Gasteiger partial charge in [-0.05, 0) is 23.8 Å². The largest absolute Gasteiger partial charge is 0.289 e. The number of hydrogen-bond acceptors (Lipinski definition) is 3. The highest BCUT2D eigenvalue weighted by Crippen LogP contribution is 2.35. The normalized spacial score (nSPS) is 11.9. The second kappa shape index (κ2) is 6.87. The number of nitrogens with zero attached hydrogens (tertiary/aromatic N) is 2. The van der Waals surface area contributed by atoms with Gasteiger partial charge in [0.1, 0.15) is 0 Å². The van der Waals surface area contributed by atoms with E-state index in [9.17, 15) is 4.21 Å². The van der Waals surface area contributed by atoms with Crippen molar-refractivity contribution in [3.63, 3.8) is 0 Å². The van der Waals surface area contributed by atoms with E-state index in [0.717, 1.165) is 16.7 Å². The Kier molecular flexibility index (Phi) is 4.66. The molecule has 0 radical (unpaired) electrons. The lowest BCUT2D eigenvalue weighted by Crippen LogP contribution is -2.03. The molecule has 0 bridgehead atoms. The molecule has 0 fully saturated rings. The summed E-state index contributed by atoms with van der Waals surface area (Å²) in [5, 5.41) is 8.31. The fourth-order valence-electron chi connectivity index (χ4n) is 2.30. The molecule has 2 aromatic carbocycles. The predicted octanol–water partition coefficient (Wildman–Crippen LogP) is 4.01. The first-order valence-corrected chi connectivity index (χ1v) is 8.19. The van der Waals surface area contributed by atoms with Crippen molar-refractivity contribution < 1.29 is 8.76 Å². The summed E-state index contributed by atoms with van der Waals surface area (Å²) < 4.78 is 22.8. The maximum Gasteiger partial charge on any atom is 0.259 e. The Bertz CT molecular complexity index is 856. The Morgan fingerprint density at radius 3 is 2.17 bits per heavy atom. The van der Waals surface area contributed by atoms with Crippen molar-refractivity contribution in [2.75, 3.05) is 4.72 Å². The van der Waals surface area contributed by atoms with Crippen LogP contribution in [0.2, 0.25) is 5.15 Å². The van der Waals surface area contributed by atoms with Gasteiger partial charge in [-0.25, -0.2) is 4.21 Å². The van der Waals surface area contributed by atoms with Gasteiger partial charge in [-0.15, -0.1) is 10.2 Å². The smallest absolute Gasteiger partial charge is 0.259 e. The molecule has 2 N–H and O–H groups in total. The molecule has 1 heterocycles. The fourth-order valence-corrected chi connectivity index (χ4v) is 2.77. The highest BCUT2D eigenvalue weighted by molar-refractivity contribution is 7.80. The molecular formula is C16H12ClN3O2S. The summed E-state index contributed by atoms with van der Waals surface area (Å²) in [7, 11) is 0. The summed E-state index contributed by atoms with van der Waals surface area (Å²) in [6, 6.07) is 18.4. The van der Waals surface area contributed by atoms with Crippen LogP contribution in [0.15, 0.2) is 60.7 Å². The average molecular weight is 346 g/mol. The van der Waals surface area contributed by atoms with Crippen LogP contribution in [0.25, 0.3) is 22.4 Å². The van der Waals surface area contributed by atoms with E-state index < -0.39 is 11.3 Å². The monoisotopic (exact) mass is 345 g/mol. The summed E-state index contributed by atoms with van der Waals surface area (Å²) in [6.45, 7) is 0. The van der Waals surface area contributed by atoms with Gasteiger partial charge >= 0.3 is 0 Å². The fraction of sp³-hybridized carbons (Fsp3) is 0. The average Bonchev–Trinajstić information content (AvgIpc) is 2.56. The van der Waals surface area contributed by atoms with Gasteiger partial charge in [0.15, 0.2) is 5.15 Å². The number of aromatic nitrogens is 2. The number of rotatable bonds is 4. The molecule has 0 aliphatic rings. The van der Waals surface area contributed by atoms with Gasteiger partial charge in [-0.3, -0.25) is 9.27 Å². The number of para-hydroxylation sites is 1. The van der Waals surface area contributed by atoms with Crippen LogP contribution in [0, 0.1) is 0 Å². The molecule has 23 heavy (non-hydrogen) atoms. The molecule has 1 atom stereocenters. The molecule has 0 aliphatic heterocycles. The van der Waals surface area contributed by atoms with Gasteiger partial charge < -0.3 is 0 Å². The Morgan fingerprint density at radius 1 is 0.870 bits per heavy atom. The van der Waals surface area contributed by atoms with Crippen LogP contribution in [0.3, 0.4) is 0 Å². The first kappa shape index (κ1) is 15.6. The Balaban J connectivity index is 2.15. The van der Waals surface area contributed by atoms with Crippen LogP contribution < -0.4 is 4.72 Å². The van der Waals surface area contributed by atoms with Gasteiger partial charge in [0, 0.05) is 11.1 Å². The molecule has 116 valence electrons. The van der Waals surface area contributed by atoms with Gasteiger partial charge in [0.05, 0.1) is 11.4 Å². The van der Waals surface area contributed by atoms with E-state index in [1.54, 1.807) is 24.3 Å². The summed E-state index contributed by atoms with van der Waals surface area (Å²) in [4.78, 5) is 0. The molecule has 0 saturated heterocycles. The topological polar surface area (TPSA) is 75.1 Å². The third-order valence-electron chi connectivity index (χ3n) is 3.25. The molecule has 1 aromatic heterocycles. The van der Waals surface area contributed by atoms with E-state index in [2.05, 4.69) is 14.9 Å². The van der Waals surface area contributed by atoms with Crippen LogP contribution in [0.4, 0.5) is 5.69 Å². The van der Waals surface area contributed by atoms with Gasteiger partial charge in [-0.1, -0.05) is 54.1 Å². The summed E-state index contributed by atoms with van der Waals surface area (Å²) in [5.41, 5.74) is 3.75. The van der Waals surface area contributed by atoms with Crippen molar-refractivity contribution >= 4 is 28.6 Å².